The first-order valence-corrected chi connectivity index (χ1v) is 5.57. The van der Waals surface area contributed by atoms with Crippen LogP contribution in [0.4, 0.5) is 5.82 Å². The average Bonchev–Trinajstić information content (AvgIpc) is 2.97. The number of hydrogen-bond acceptors (Lipinski definition) is 3. The van der Waals surface area contributed by atoms with E-state index in [1.165, 1.54) is 12.8 Å². The van der Waals surface area contributed by atoms with Gasteiger partial charge in [-0.3, -0.25) is 9.20 Å². The van der Waals surface area contributed by atoms with Gasteiger partial charge in [0.1, 0.15) is 17.2 Å². The van der Waals surface area contributed by atoms with E-state index in [4.69, 9.17) is 0 Å². The predicted molar refractivity (Wildman–Crippen MR) is 62.0 cm³/mol. The van der Waals surface area contributed by atoms with Crippen molar-refractivity contribution < 1.29 is 4.79 Å². The second-order valence-electron chi connectivity index (χ2n) is 4.07. The number of hydrogen-bond donors (Lipinski definition) is 0. The molecule has 0 saturated carbocycles. The molecule has 0 bridgehead atoms. The van der Waals surface area contributed by atoms with Crippen molar-refractivity contribution in [3.63, 3.8) is 0 Å². The molecule has 1 aliphatic rings. The van der Waals surface area contributed by atoms with E-state index in [-0.39, 0.29) is 0 Å². The lowest BCUT2D eigenvalue weighted by atomic mass is 10.4. The molecule has 4 heteroatoms. The first kappa shape index (κ1) is 9.39. The number of anilines is 1. The largest absolute Gasteiger partial charge is 0.358 e. The van der Waals surface area contributed by atoms with Crippen LogP contribution in [0.3, 0.4) is 0 Å². The minimum Gasteiger partial charge on any atom is -0.358 e. The smallest absolute Gasteiger partial charge is 0.168 e. The van der Waals surface area contributed by atoms with E-state index < -0.39 is 0 Å². The maximum absolute atomic E-state index is 11.0. The van der Waals surface area contributed by atoms with Gasteiger partial charge in [0.15, 0.2) is 6.29 Å². The number of carbonyl (C=O) groups is 1. The van der Waals surface area contributed by atoms with Gasteiger partial charge in [-0.05, 0) is 25.0 Å². The Morgan fingerprint density at radius 3 is 2.81 bits per heavy atom. The molecule has 2 aromatic heterocycles. The molecule has 3 heterocycles. The molecule has 0 N–H and O–H groups in total. The molecule has 16 heavy (non-hydrogen) atoms. The summed E-state index contributed by atoms with van der Waals surface area (Å²) in [5.41, 5.74) is 1.46. The van der Waals surface area contributed by atoms with Crippen LogP contribution in [0.2, 0.25) is 0 Å². The van der Waals surface area contributed by atoms with Crippen molar-refractivity contribution in [2.45, 2.75) is 12.8 Å². The van der Waals surface area contributed by atoms with Crippen molar-refractivity contribution in [3.8, 4) is 0 Å². The van der Waals surface area contributed by atoms with Crippen molar-refractivity contribution in [1.29, 1.82) is 0 Å². The van der Waals surface area contributed by atoms with Crippen LogP contribution < -0.4 is 4.90 Å². The molecule has 1 fully saturated rings. The monoisotopic (exact) mass is 215 g/mol. The molecule has 0 atom stereocenters. The molecule has 0 radical (unpaired) electrons. The third-order valence-electron chi connectivity index (χ3n) is 3.09. The molecular weight excluding hydrogens is 202 g/mol. The van der Waals surface area contributed by atoms with Gasteiger partial charge < -0.3 is 4.90 Å². The summed E-state index contributed by atoms with van der Waals surface area (Å²) >= 11 is 0. The topological polar surface area (TPSA) is 37.6 Å². The fourth-order valence-electron chi connectivity index (χ4n) is 2.32. The highest BCUT2D eigenvalue weighted by Crippen LogP contribution is 2.22. The number of carbonyl (C=O) groups excluding carboxylic acids is 1. The van der Waals surface area contributed by atoms with Crippen LogP contribution in [0.1, 0.15) is 23.3 Å². The summed E-state index contributed by atoms with van der Waals surface area (Å²) in [6.45, 7) is 2.13. The predicted octanol–water partition coefficient (Wildman–Crippen LogP) is 1.75. The van der Waals surface area contributed by atoms with Crippen molar-refractivity contribution in [2.24, 2.45) is 0 Å². The number of aromatic nitrogens is 2. The van der Waals surface area contributed by atoms with Gasteiger partial charge in [0.25, 0.3) is 0 Å². The first-order valence-electron chi connectivity index (χ1n) is 5.57. The van der Waals surface area contributed by atoms with Gasteiger partial charge in [0.2, 0.25) is 0 Å². The SMILES string of the molecule is O=Cc1cnc2cccc(N3CCCC3)n12. The lowest BCUT2D eigenvalue weighted by Gasteiger charge is -2.19. The highest BCUT2D eigenvalue weighted by molar-refractivity contribution is 5.75. The fourth-order valence-corrected chi connectivity index (χ4v) is 2.32. The van der Waals surface area contributed by atoms with Crippen LogP contribution >= 0.6 is 0 Å². The molecule has 0 aromatic carbocycles. The normalized spacial score (nSPS) is 15.9. The van der Waals surface area contributed by atoms with Gasteiger partial charge in [0, 0.05) is 13.1 Å². The van der Waals surface area contributed by atoms with E-state index in [1.807, 2.05) is 22.6 Å². The molecule has 0 amide bonds. The minimum atomic E-state index is 0.623. The van der Waals surface area contributed by atoms with E-state index in [1.54, 1.807) is 6.20 Å². The summed E-state index contributed by atoms with van der Waals surface area (Å²) in [5.74, 6) is 1.08. The third kappa shape index (κ3) is 1.30. The third-order valence-corrected chi connectivity index (χ3v) is 3.09. The van der Waals surface area contributed by atoms with Crippen LogP contribution in [0.5, 0.6) is 0 Å². The standard InChI is InChI=1S/C12H13N3O/c16-9-10-8-13-11-4-3-5-12(15(10)11)14-6-1-2-7-14/h3-5,8-9H,1-2,6-7H2. The van der Waals surface area contributed by atoms with Gasteiger partial charge in [0.05, 0.1) is 6.20 Å². The number of imidazole rings is 1. The number of pyridine rings is 1. The van der Waals surface area contributed by atoms with E-state index in [2.05, 4.69) is 9.88 Å². The molecule has 3 rings (SSSR count). The van der Waals surface area contributed by atoms with Crippen molar-refractivity contribution in [1.82, 2.24) is 9.38 Å². The molecule has 0 aliphatic carbocycles. The van der Waals surface area contributed by atoms with Gasteiger partial charge in [-0.2, -0.15) is 0 Å². The number of rotatable bonds is 2. The van der Waals surface area contributed by atoms with Gasteiger partial charge in [-0.25, -0.2) is 4.98 Å². The van der Waals surface area contributed by atoms with Crippen molar-refractivity contribution >= 4 is 17.8 Å². The van der Waals surface area contributed by atoms with Crippen LogP contribution in [-0.4, -0.2) is 28.8 Å². The summed E-state index contributed by atoms with van der Waals surface area (Å²) in [7, 11) is 0. The van der Waals surface area contributed by atoms with Crippen molar-refractivity contribution in [3.05, 3.63) is 30.1 Å². The zero-order valence-corrected chi connectivity index (χ0v) is 8.97. The van der Waals surface area contributed by atoms with Gasteiger partial charge >= 0.3 is 0 Å². The molecule has 0 unspecified atom stereocenters. The summed E-state index contributed by atoms with van der Waals surface area (Å²) in [6.07, 6.45) is 4.94. The highest BCUT2D eigenvalue weighted by atomic mass is 16.1. The Morgan fingerprint density at radius 2 is 2.06 bits per heavy atom. The van der Waals surface area contributed by atoms with Gasteiger partial charge in [-0.15, -0.1) is 0 Å². The number of aldehydes is 1. The highest BCUT2D eigenvalue weighted by Gasteiger charge is 2.16. The van der Waals surface area contributed by atoms with Crippen molar-refractivity contribution in [2.75, 3.05) is 18.0 Å². The second-order valence-corrected chi connectivity index (χ2v) is 4.07. The average molecular weight is 215 g/mol. The Hall–Kier alpha value is -1.84. The second kappa shape index (κ2) is 3.63. The zero-order chi connectivity index (χ0) is 11.0. The minimum absolute atomic E-state index is 0.623. The molecule has 2 aromatic rings. The Labute approximate surface area is 93.5 Å². The van der Waals surface area contributed by atoms with E-state index in [9.17, 15) is 4.79 Å². The van der Waals surface area contributed by atoms with Crippen LogP contribution in [0.15, 0.2) is 24.4 Å². The van der Waals surface area contributed by atoms with E-state index in [0.717, 1.165) is 30.8 Å². The molecule has 4 nitrogen and oxygen atoms in total. The maximum atomic E-state index is 11.0. The molecule has 1 saturated heterocycles. The molecule has 0 spiro atoms. The summed E-state index contributed by atoms with van der Waals surface area (Å²) < 4.78 is 1.93. The molecule has 82 valence electrons. The van der Waals surface area contributed by atoms with Crippen LogP contribution in [0, 0.1) is 0 Å². The Bertz CT molecular complexity index is 526. The van der Waals surface area contributed by atoms with Crippen LogP contribution in [-0.2, 0) is 0 Å². The Kier molecular flexibility index (Phi) is 2.13. The molecule has 1 aliphatic heterocycles. The fraction of sp³-hybridized carbons (Fsp3) is 0.333. The maximum Gasteiger partial charge on any atom is 0.168 e. The summed E-state index contributed by atoms with van der Waals surface area (Å²) in [4.78, 5) is 17.5. The van der Waals surface area contributed by atoms with E-state index >= 15 is 0 Å². The number of fused-ring (bicyclic) bond motifs is 1. The Balaban J connectivity index is 2.21. The zero-order valence-electron chi connectivity index (χ0n) is 8.97. The first-order chi connectivity index (χ1) is 7.90. The van der Waals surface area contributed by atoms with Gasteiger partial charge in [-0.1, -0.05) is 6.07 Å². The van der Waals surface area contributed by atoms with E-state index in [0.29, 0.717) is 5.69 Å². The quantitative estimate of drug-likeness (QED) is 0.716. The molecular formula is C12H13N3O. The van der Waals surface area contributed by atoms with Crippen LogP contribution in [0.25, 0.3) is 5.65 Å². The number of nitrogens with zero attached hydrogens (tertiary/aromatic N) is 3. The summed E-state index contributed by atoms with van der Waals surface area (Å²) in [6, 6.07) is 5.96. The lowest BCUT2D eigenvalue weighted by molar-refractivity contribution is 0.111. The lowest BCUT2D eigenvalue weighted by Crippen LogP contribution is -2.20. The Morgan fingerprint density at radius 1 is 1.25 bits per heavy atom. The summed E-state index contributed by atoms with van der Waals surface area (Å²) in [5, 5.41) is 0.